The van der Waals surface area contributed by atoms with Gasteiger partial charge in [-0.3, -0.25) is 4.79 Å². The minimum absolute atomic E-state index is 0. The van der Waals surface area contributed by atoms with Gasteiger partial charge in [-0.1, -0.05) is 36.4 Å². The Bertz CT molecular complexity index is 887. The first-order valence-corrected chi connectivity index (χ1v) is 11.3. The number of carbonyl (C=O) groups excluding carboxylic acids is 1. The van der Waals surface area contributed by atoms with E-state index in [2.05, 4.69) is 65.2 Å². The van der Waals surface area contributed by atoms with E-state index in [-0.39, 0.29) is 36.4 Å². The van der Waals surface area contributed by atoms with Gasteiger partial charge in [-0.25, -0.2) is 4.99 Å². The van der Waals surface area contributed by atoms with Gasteiger partial charge in [0.2, 0.25) is 5.91 Å². The Morgan fingerprint density at radius 1 is 1.17 bits per heavy atom. The molecule has 0 spiro atoms. The molecule has 1 amide bonds. The number of aliphatic imine (C=N–C) groups is 1. The van der Waals surface area contributed by atoms with Gasteiger partial charge in [0, 0.05) is 24.5 Å². The summed E-state index contributed by atoms with van der Waals surface area (Å²) in [5.41, 5.74) is 5.04. The molecule has 30 heavy (non-hydrogen) atoms. The Kier molecular flexibility index (Phi) is 9.97. The van der Waals surface area contributed by atoms with E-state index in [0.717, 1.165) is 19.5 Å². The van der Waals surface area contributed by atoms with E-state index in [1.54, 1.807) is 11.8 Å². The fourth-order valence-electron chi connectivity index (χ4n) is 3.47. The SMILES string of the molecule is CCNC(=NCc1ccc(C)cc1SC)NCC(=O)N1CCc2ccccc2C1.I. The summed E-state index contributed by atoms with van der Waals surface area (Å²) in [6.07, 6.45) is 3.00. The van der Waals surface area contributed by atoms with E-state index < -0.39 is 0 Å². The van der Waals surface area contributed by atoms with E-state index in [4.69, 9.17) is 0 Å². The number of halogens is 1. The smallest absolute Gasteiger partial charge is 0.242 e. The number of nitrogens with one attached hydrogen (secondary N) is 2. The van der Waals surface area contributed by atoms with Crippen LogP contribution in [0.2, 0.25) is 0 Å². The first-order valence-electron chi connectivity index (χ1n) is 10.1. The molecule has 7 heteroatoms. The van der Waals surface area contributed by atoms with Crippen molar-refractivity contribution in [1.29, 1.82) is 0 Å². The van der Waals surface area contributed by atoms with Gasteiger partial charge in [-0.2, -0.15) is 0 Å². The molecule has 0 fully saturated rings. The number of fused-ring (bicyclic) bond motifs is 1. The fraction of sp³-hybridized carbons (Fsp3) is 0.391. The number of aryl methyl sites for hydroxylation is 1. The van der Waals surface area contributed by atoms with Crippen LogP contribution < -0.4 is 10.6 Å². The molecule has 1 aliphatic rings. The van der Waals surface area contributed by atoms with E-state index >= 15 is 0 Å². The van der Waals surface area contributed by atoms with Gasteiger partial charge in [-0.15, -0.1) is 35.7 Å². The maximum absolute atomic E-state index is 12.7. The van der Waals surface area contributed by atoms with E-state index in [1.165, 1.54) is 27.1 Å². The van der Waals surface area contributed by atoms with Crippen LogP contribution in [-0.4, -0.2) is 42.7 Å². The summed E-state index contributed by atoms with van der Waals surface area (Å²) in [5, 5.41) is 6.44. The molecule has 1 aliphatic heterocycles. The summed E-state index contributed by atoms with van der Waals surface area (Å²) in [4.78, 5) is 20.6. The zero-order valence-electron chi connectivity index (χ0n) is 17.9. The van der Waals surface area contributed by atoms with Crippen molar-refractivity contribution in [3.8, 4) is 0 Å². The first-order chi connectivity index (χ1) is 14.1. The molecular weight excluding hydrogens is 507 g/mol. The third-order valence-electron chi connectivity index (χ3n) is 5.08. The van der Waals surface area contributed by atoms with Crippen LogP contribution in [0.4, 0.5) is 0 Å². The van der Waals surface area contributed by atoms with Gasteiger partial charge in [0.05, 0.1) is 13.1 Å². The Balaban J connectivity index is 0.00000320. The van der Waals surface area contributed by atoms with Crippen molar-refractivity contribution in [2.24, 2.45) is 4.99 Å². The summed E-state index contributed by atoms with van der Waals surface area (Å²) in [5.74, 6) is 0.774. The van der Waals surface area contributed by atoms with Crippen molar-refractivity contribution < 1.29 is 4.79 Å². The number of rotatable bonds is 6. The Labute approximate surface area is 201 Å². The van der Waals surface area contributed by atoms with E-state index in [1.807, 2.05) is 17.9 Å². The molecule has 0 radical (unpaired) electrons. The van der Waals surface area contributed by atoms with E-state index in [9.17, 15) is 4.79 Å². The highest BCUT2D eigenvalue weighted by molar-refractivity contribution is 14.0. The van der Waals surface area contributed by atoms with Crippen molar-refractivity contribution in [2.75, 3.05) is 25.9 Å². The Hall–Kier alpha value is -1.74. The molecule has 0 saturated heterocycles. The average Bonchev–Trinajstić information content (AvgIpc) is 2.75. The second-order valence-electron chi connectivity index (χ2n) is 7.20. The molecule has 0 bridgehead atoms. The molecule has 0 aliphatic carbocycles. The molecule has 2 aromatic rings. The predicted molar refractivity (Wildman–Crippen MR) is 137 cm³/mol. The summed E-state index contributed by atoms with van der Waals surface area (Å²) < 4.78 is 0. The van der Waals surface area contributed by atoms with Gasteiger partial charge < -0.3 is 15.5 Å². The normalized spacial score (nSPS) is 13.3. The predicted octanol–water partition coefficient (Wildman–Crippen LogP) is 3.97. The van der Waals surface area contributed by atoms with Crippen LogP contribution in [0.25, 0.3) is 0 Å². The molecule has 0 aromatic heterocycles. The summed E-state index contributed by atoms with van der Waals surface area (Å²) in [7, 11) is 0. The summed E-state index contributed by atoms with van der Waals surface area (Å²) in [6, 6.07) is 14.8. The molecule has 162 valence electrons. The number of guanidine groups is 1. The number of amides is 1. The van der Waals surface area contributed by atoms with Gasteiger partial charge in [-0.05, 0) is 54.8 Å². The molecule has 0 saturated carbocycles. The van der Waals surface area contributed by atoms with Crippen LogP contribution in [0.5, 0.6) is 0 Å². The standard InChI is InChI=1S/C23H30N4OS.HI/c1-4-24-23(25-14-19-10-9-17(2)13-21(19)29-3)26-15-22(28)27-12-11-18-7-5-6-8-20(18)16-27;/h5-10,13H,4,11-12,14-16H2,1-3H3,(H2,24,25,26);1H. The highest BCUT2D eigenvalue weighted by Gasteiger charge is 2.20. The average molecular weight is 538 g/mol. The number of carbonyl (C=O) groups is 1. The molecule has 0 atom stereocenters. The maximum atomic E-state index is 12.7. The van der Waals surface area contributed by atoms with Crippen LogP contribution in [0.1, 0.15) is 29.2 Å². The van der Waals surface area contributed by atoms with E-state index in [0.29, 0.717) is 19.0 Å². The quantitative estimate of drug-likeness (QED) is 0.253. The minimum atomic E-state index is 0. The largest absolute Gasteiger partial charge is 0.357 e. The van der Waals surface area contributed by atoms with Gasteiger partial charge in [0.25, 0.3) is 0 Å². The molecular formula is C23H31IN4OS. The van der Waals surface area contributed by atoms with Crippen molar-refractivity contribution in [2.45, 2.75) is 38.3 Å². The van der Waals surface area contributed by atoms with Gasteiger partial charge >= 0.3 is 0 Å². The Morgan fingerprint density at radius 2 is 1.93 bits per heavy atom. The monoisotopic (exact) mass is 538 g/mol. The molecule has 2 N–H and O–H groups in total. The number of hydrogen-bond acceptors (Lipinski definition) is 3. The Morgan fingerprint density at radius 3 is 2.67 bits per heavy atom. The molecule has 0 unspecified atom stereocenters. The highest BCUT2D eigenvalue weighted by atomic mass is 127. The molecule has 5 nitrogen and oxygen atoms in total. The lowest BCUT2D eigenvalue weighted by Gasteiger charge is -2.29. The zero-order chi connectivity index (χ0) is 20.6. The lowest BCUT2D eigenvalue weighted by molar-refractivity contribution is -0.130. The molecule has 2 aromatic carbocycles. The van der Waals surface area contributed by atoms with Gasteiger partial charge in [0.15, 0.2) is 5.96 Å². The van der Waals surface area contributed by atoms with Crippen LogP contribution in [0.3, 0.4) is 0 Å². The van der Waals surface area contributed by atoms with Crippen LogP contribution >= 0.6 is 35.7 Å². The van der Waals surface area contributed by atoms with Crippen molar-refractivity contribution in [1.82, 2.24) is 15.5 Å². The second-order valence-corrected chi connectivity index (χ2v) is 8.05. The van der Waals surface area contributed by atoms with Crippen LogP contribution in [0, 0.1) is 6.92 Å². The van der Waals surface area contributed by atoms with Crippen LogP contribution in [0.15, 0.2) is 52.4 Å². The number of nitrogens with zero attached hydrogens (tertiary/aromatic N) is 2. The first kappa shape index (κ1) is 24.5. The highest BCUT2D eigenvalue weighted by Crippen LogP contribution is 2.22. The number of hydrogen-bond donors (Lipinski definition) is 2. The number of thioether (sulfide) groups is 1. The van der Waals surface area contributed by atoms with Crippen molar-refractivity contribution in [3.63, 3.8) is 0 Å². The third kappa shape index (κ3) is 6.63. The third-order valence-corrected chi connectivity index (χ3v) is 5.90. The minimum Gasteiger partial charge on any atom is -0.357 e. The summed E-state index contributed by atoms with van der Waals surface area (Å²) in [6.45, 7) is 7.16. The van der Waals surface area contributed by atoms with Crippen molar-refractivity contribution in [3.05, 3.63) is 64.7 Å². The fourth-order valence-corrected chi connectivity index (χ4v) is 4.17. The topological polar surface area (TPSA) is 56.7 Å². The lowest BCUT2D eigenvalue weighted by atomic mass is 10.00. The molecule has 3 rings (SSSR count). The lowest BCUT2D eigenvalue weighted by Crippen LogP contribution is -2.45. The summed E-state index contributed by atoms with van der Waals surface area (Å²) >= 11 is 1.74. The second kappa shape index (κ2) is 12.2. The van der Waals surface area contributed by atoms with Crippen LogP contribution in [-0.2, 0) is 24.3 Å². The van der Waals surface area contributed by atoms with Gasteiger partial charge in [0.1, 0.15) is 0 Å². The maximum Gasteiger partial charge on any atom is 0.242 e. The zero-order valence-corrected chi connectivity index (χ0v) is 21.1. The number of benzene rings is 2. The van der Waals surface area contributed by atoms with Crippen molar-refractivity contribution >= 4 is 47.6 Å². The molecule has 1 heterocycles.